The minimum absolute atomic E-state index is 0.763. The number of rotatable bonds is 11. The zero-order valence-corrected chi connectivity index (χ0v) is 13.6. The summed E-state index contributed by atoms with van der Waals surface area (Å²) in [7, 11) is 0. The Morgan fingerprint density at radius 3 is 1.94 bits per heavy atom. The molecule has 0 spiro atoms. The van der Waals surface area contributed by atoms with Crippen LogP contribution in [0.1, 0.15) is 60.8 Å². The van der Waals surface area contributed by atoms with E-state index in [4.69, 9.17) is 0 Å². The van der Waals surface area contributed by atoms with Crippen LogP contribution in [0.5, 0.6) is 0 Å². The molecule has 1 N–H and O–H groups in total. The minimum Gasteiger partial charge on any atom is -0.315 e. The van der Waals surface area contributed by atoms with Gasteiger partial charge in [0, 0.05) is 25.7 Å². The Morgan fingerprint density at radius 1 is 0.889 bits per heavy atom. The van der Waals surface area contributed by atoms with Crippen LogP contribution in [-0.2, 0) is 0 Å². The summed E-state index contributed by atoms with van der Waals surface area (Å²) in [6.45, 7) is 18.6. The Labute approximate surface area is 116 Å². The van der Waals surface area contributed by atoms with Crippen LogP contribution in [0.2, 0.25) is 0 Å². The standard InChI is InChI=1S/C16H36N2/c1-7-16(8-2)18(13-15(5)6)12-11-17-10-9-14(3)4/h14-17H,7-13H2,1-6H3. The van der Waals surface area contributed by atoms with E-state index in [1.165, 1.54) is 32.4 Å². The van der Waals surface area contributed by atoms with E-state index in [2.05, 4.69) is 51.8 Å². The Morgan fingerprint density at radius 2 is 1.50 bits per heavy atom. The second kappa shape index (κ2) is 10.8. The van der Waals surface area contributed by atoms with Crippen LogP contribution in [0.4, 0.5) is 0 Å². The summed E-state index contributed by atoms with van der Waals surface area (Å²) in [6.07, 6.45) is 3.83. The Hall–Kier alpha value is -0.0800. The van der Waals surface area contributed by atoms with E-state index in [9.17, 15) is 0 Å². The summed E-state index contributed by atoms with van der Waals surface area (Å²) < 4.78 is 0. The highest BCUT2D eigenvalue weighted by Crippen LogP contribution is 2.10. The molecule has 0 rings (SSSR count). The minimum atomic E-state index is 0.763. The third-order valence-corrected chi connectivity index (χ3v) is 3.53. The summed E-state index contributed by atoms with van der Waals surface area (Å²) in [4.78, 5) is 2.67. The van der Waals surface area contributed by atoms with Crippen molar-refractivity contribution in [3.63, 3.8) is 0 Å². The van der Waals surface area contributed by atoms with Gasteiger partial charge in [0.15, 0.2) is 0 Å². The molecule has 0 atom stereocenters. The van der Waals surface area contributed by atoms with E-state index in [1.54, 1.807) is 0 Å². The Kier molecular flexibility index (Phi) is 10.8. The van der Waals surface area contributed by atoms with Crippen molar-refractivity contribution in [1.29, 1.82) is 0 Å². The molecule has 0 unspecified atom stereocenters. The van der Waals surface area contributed by atoms with Crippen molar-refractivity contribution in [2.75, 3.05) is 26.2 Å². The molecule has 110 valence electrons. The van der Waals surface area contributed by atoms with Gasteiger partial charge in [0.1, 0.15) is 0 Å². The van der Waals surface area contributed by atoms with Crippen LogP contribution < -0.4 is 5.32 Å². The van der Waals surface area contributed by atoms with E-state index in [0.717, 1.165) is 31.0 Å². The first-order valence-corrected chi connectivity index (χ1v) is 7.95. The maximum Gasteiger partial charge on any atom is 0.0110 e. The van der Waals surface area contributed by atoms with Crippen molar-refractivity contribution in [1.82, 2.24) is 10.2 Å². The number of hydrogen-bond acceptors (Lipinski definition) is 2. The molecule has 0 aliphatic carbocycles. The van der Waals surface area contributed by atoms with Gasteiger partial charge in [0.2, 0.25) is 0 Å². The van der Waals surface area contributed by atoms with Crippen molar-refractivity contribution in [2.24, 2.45) is 11.8 Å². The summed E-state index contributed by atoms with van der Waals surface area (Å²) in [5.41, 5.74) is 0. The molecule has 0 aromatic heterocycles. The van der Waals surface area contributed by atoms with E-state index in [-0.39, 0.29) is 0 Å². The summed E-state index contributed by atoms with van der Waals surface area (Å²) in [5, 5.41) is 3.58. The number of nitrogens with zero attached hydrogens (tertiary/aromatic N) is 1. The first-order chi connectivity index (χ1) is 8.51. The Bertz CT molecular complexity index is 174. The second-order valence-corrected chi connectivity index (χ2v) is 6.29. The maximum absolute atomic E-state index is 3.58. The summed E-state index contributed by atoms with van der Waals surface area (Å²) >= 11 is 0. The number of nitrogens with one attached hydrogen (secondary N) is 1. The van der Waals surface area contributed by atoms with E-state index in [1.807, 2.05) is 0 Å². The smallest absolute Gasteiger partial charge is 0.0110 e. The molecule has 0 fully saturated rings. The predicted octanol–water partition coefficient (Wildman–Crippen LogP) is 3.77. The van der Waals surface area contributed by atoms with Crippen molar-refractivity contribution >= 4 is 0 Å². The Balaban J connectivity index is 3.93. The highest BCUT2D eigenvalue weighted by atomic mass is 15.2. The van der Waals surface area contributed by atoms with Gasteiger partial charge >= 0.3 is 0 Å². The molecular formula is C16H36N2. The molecule has 0 heterocycles. The predicted molar refractivity (Wildman–Crippen MR) is 83.1 cm³/mol. The first kappa shape index (κ1) is 17.9. The lowest BCUT2D eigenvalue weighted by atomic mass is 10.1. The largest absolute Gasteiger partial charge is 0.315 e. The highest BCUT2D eigenvalue weighted by molar-refractivity contribution is 4.71. The molecule has 18 heavy (non-hydrogen) atoms. The van der Waals surface area contributed by atoms with Crippen molar-refractivity contribution in [3.8, 4) is 0 Å². The van der Waals surface area contributed by atoms with Crippen LogP contribution in [-0.4, -0.2) is 37.1 Å². The lowest BCUT2D eigenvalue weighted by Gasteiger charge is -2.32. The van der Waals surface area contributed by atoms with Gasteiger partial charge in [-0.2, -0.15) is 0 Å². The molecule has 0 aromatic rings. The van der Waals surface area contributed by atoms with Crippen molar-refractivity contribution in [3.05, 3.63) is 0 Å². The van der Waals surface area contributed by atoms with E-state index < -0.39 is 0 Å². The van der Waals surface area contributed by atoms with Crippen LogP contribution in [0.15, 0.2) is 0 Å². The van der Waals surface area contributed by atoms with Gasteiger partial charge in [0.05, 0.1) is 0 Å². The normalized spacial score (nSPS) is 12.3. The van der Waals surface area contributed by atoms with Gasteiger partial charge in [-0.05, 0) is 37.6 Å². The maximum atomic E-state index is 3.58. The van der Waals surface area contributed by atoms with Gasteiger partial charge in [-0.3, -0.25) is 4.90 Å². The molecule has 0 aromatic carbocycles. The molecular weight excluding hydrogens is 220 g/mol. The lowest BCUT2D eigenvalue weighted by molar-refractivity contribution is 0.166. The molecule has 0 saturated heterocycles. The van der Waals surface area contributed by atoms with Gasteiger partial charge in [-0.1, -0.05) is 41.5 Å². The second-order valence-electron chi connectivity index (χ2n) is 6.29. The molecule has 0 aliphatic heterocycles. The SMILES string of the molecule is CCC(CC)N(CCNCCC(C)C)CC(C)C. The van der Waals surface area contributed by atoms with Gasteiger partial charge in [0.25, 0.3) is 0 Å². The lowest BCUT2D eigenvalue weighted by Crippen LogP contribution is -2.41. The average molecular weight is 256 g/mol. The zero-order chi connectivity index (χ0) is 14.0. The summed E-state index contributed by atoms with van der Waals surface area (Å²) in [5.74, 6) is 1.57. The summed E-state index contributed by atoms with van der Waals surface area (Å²) in [6, 6.07) is 0.763. The monoisotopic (exact) mass is 256 g/mol. The molecule has 0 radical (unpaired) electrons. The molecule has 2 nitrogen and oxygen atoms in total. The van der Waals surface area contributed by atoms with Gasteiger partial charge in [-0.15, -0.1) is 0 Å². The fourth-order valence-corrected chi connectivity index (χ4v) is 2.44. The molecule has 0 aliphatic rings. The van der Waals surface area contributed by atoms with Crippen molar-refractivity contribution in [2.45, 2.75) is 66.8 Å². The quantitative estimate of drug-likeness (QED) is 0.566. The third-order valence-electron chi connectivity index (χ3n) is 3.53. The molecule has 2 heteroatoms. The number of hydrogen-bond donors (Lipinski definition) is 1. The highest BCUT2D eigenvalue weighted by Gasteiger charge is 2.15. The fraction of sp³-hybridized carbons (Fsp3) is 1.00. The zero-order valence-electron chi connectivity index (χ0n) is 13.6. The van der Waals surface area contributed by atoms with Crippen molar-refractivity contribution < 1.29 is 0 Å². The van der Waals surface area contributed by atoms with E-state index >= 15 is 0 Å². The van der Waals surface area contributed by atoms with Crippen LogP contribution in [0.3, 0.4) is 0 Å². The molecule has 0 bridgehead atoms. The molecule has 0 saturated carbocycles. The average Bonchev–Trinajstić information content (AvgIpc) is 2.28. The van der Waals surface area contributed by atoms with Crippen LogP contribution >= 0.6 is 0 Å². The fourth-order valence-electron chi connectivity index (χ4n) is 2.44. The first-order valence-electron chi connectivity index (χ1n) is 7.95. The van der Waals surface area contributed by atoms with Gasteiger partial charge < -0.3 is 5.32 Å². The van der Waals surface area contributed by atoms with Crippen LogP contribution in [0, 0.1) is 11.8 Å². The van der Waals surface area contributed by atoms with Crippen LogP contribution in [0.25, 0.3) is 0 Å². The molecule has 0 amide bonds. The topological polar surface area (TPSA) is 15.3 Å². The van der Waals surface area contributed by atoms with Gasteiger partial charge in [-0.25, -0.2) is 0 Å². The van der Waals surface area contributed by atoms with E-state index in [0.29, 0.717) is 0 Å². The third kappa shape index (κ3) is 8.93.